The molecule has 1 aliphatic heterocycles. The summed E-state index contributed by atoms with van der Waals surface area (Å²) in [5, 5.41) is 13.2. The van der Waals surface area contributed by atoms with Crippen molar-refractivity contribution in [2.24, 2.45) is 0 Å². The summed E-state index contributed by atoms with van der Waals surface area (Å²) in [6.45, 7) is 3.58. The van der Waals surface area contributed by atoms with E-state index in [4.69, 9.17) is 15.5 Å². The van der Waals surface area contributed by atoms with Crippen LogP contribution in [0.1, 0.15) is 34.6 Å². The first-order valence-corrected chi connectivity index (χ1v) is 11.8. The minimum absolute atomic E-state index is 0.0561. The van der Waals surface area contributed by atoms with Gasteiger partial charge in [-0.2, -0.15) is 5.26 Å². The van der Waals surface area contributed by atoms with Crippen molar-refractivity contribution < 1.29 is 13.9 Å². The molecule has 1 saturated heterocycles. The SMILES string of the molecule is CC(Nc1ncnc(N)c1C#N)c1nc2ccc(F)cc2c(C(=O)N2CCOCC2)c1-c1ccccc1. The van der Waals surface area contributed by atoms with Gasteiger partial charge >= 0.3 is 0 Å². The van der Waals surface area contributed by atoms with Crippen molar-refractivity contribution in [2.75, 3.05) is 37.4 Å². The molecule has 3 heterocycles. The summed E-state index contributed by atoms with van der Waals surface area (Å²) in [5.74, 6) is -0.375. The number of hydrogen-bond acceptors (Lipinski definition) is 8. The molecule has 5 rings (SSSR count). The fourth-order valence-electron chi connectivity index (χ4n) is 4.50. The Balaban J connectivity index is 1.75. The van der Waals surface area contributed by atoms with E-state index in [0.29, 0.717) is 54.0 Å². The van der Waals surface area contributed by atoms with Crippen LogP contribution < -0.4 is 11.1 Å². The standard InChI is InChI=1S/C27H24FN7O2/c1-16(33-26-20(14-29)25(30)31-15-32-26)24-22(17-5-3-2-4-6-17)23(27(36)35-9-11-37-12-10-35)19-13-18(28)7-8-21(19)34-24/h2-8,13,15-16H,9-12H2,1H3,(H3,30,31,32,33). The fourth-order valence-corrected chi connectivity index (χ4v) is 4.50. The number of benzene rings is 2. The molecule has 2 aromatic carbocycles. The quantitative estimate of drug-likeness (QED) is 0.424. The number of fused-ring (bicyclic) bond motifs is 1. The average Bonchev–Trinajstić information content (AvgIpc) is 2.92. The molecule has 9 nitrogen and oxygen atoms in total. The number of nitrogens with two attached hydrogens (primary N) is 1. The lowest BCUT2D eigenvalue weighted by Crippen LogP contribution is -2.41. The van der Waals surface area contributed by atoms with Gasteiger partial charge in [-0.15, -0.1) is 0 Å². The van der Waals surface area contributed by atoms with Crippen LogP contribution in [0.15, 0.2) is 54.9 Å². The van der Waals surface area contributed by atoms with Crippen LogP contribution in [0.25, 0.3) is 22.0 Å². The monoisotopic (exact) mass is 497 g/mol. The first-order chi connectivity index (χ1) is 18.0. The molecule has 1 unspecified atom stereocenters. The number of pyridine rings is 1. The lowest BCUT2D eigenvalue weighted by Gasteiger charge is -2.29. The number of halogens is 1. The summed E-state index contributed by atoms with van der Waals surface area (Å²) in [4.78, 5) is 28.7. The Labute approximate surface area is 212 Å². The van der Waals surface area contributed by atoms with Gasteiger partial charge in [0.1, 0.15) is 35.4 Å². The van der Waals surface area contributed by atoms with Crippen molar-refractivity contribution in [2.45, 2.75) is 13.0 Å². The minimum Gasteiger partial charge on any atom is -0.382 e. The summed E-state index contributed by atoms with van der Waals surface area (Å²) < 4.78 is 19.9. The Morgan fingerprint density at radius 3 is 2.68 bits per heavy atom. The smallest absolute Gasteiger partial charge is 0.255 e. The Kier molecular flexibility index (Phi) is 6.62. The van der Waals surface area contributed by atoms with Crippen molar-refractivity contribution in [3.8, 4) is 17.2 Å². The van der Waals surface area contributed by atoms with Crippen molar-refractivity contribution in [1.29, 1.82) is 5.26 Å². The first kappa shape index (κ1) is 24.1. The Morgan fingerprint density at radius 1 is 1.19 bits per heavy atom. The summed E-state index contributed by atoms with van der Waals surface area (Å²) in [6.07, 6.45) is 1.27. The number of morpholine rings is 1. The number of amides is 1. The number of nitriles is 1. The molecule has 186 valence electrons. The summed E-state index contributed by atoms with van der Waals surface area (Å²) in [6, 6.07) is 15.1. The van der Waals surface area contributed by atoms with E-state index in [0.717, 1.165) is 5.56 Å². The molecule has 1 fully saturated rings. The van der Waals surface area contributed by atoms with Crippen molar-refractivity contribution in [3.05, 3.63) is 77.5 Å². The molecule has 0 aliphatic carbocycles. The topological polar surface area (TPSA) is 130 Å². The molecule has 0 saturated carbocycles. The van der Waals surface area contributed by atoms with E-state index in [1.807, 2.05) is 43.3 Å². The van der Waals surface area contributed by atoms with Crippen LogP contribution in [0.4, 0.5) is 16.0 Å². The number of hydrogen-bond donors (Lipinski definition) is 2. The van der Waals surface area contributed by atoms with E-state index >= 15 is 0 Å². The number of nitrogens with one attached hydrogen (secondary N) is 1. The van der Waals surface area contributed by atoms with E-state index < -0.39 is 11.9 Å². The van der Waals surface area contributed by atoms with Gasteiger partial charge in [-0.1, -0.05) is 30.3 Å². The van der Waals surface area contributed by atoms with Gasteiger partial charge in [0, 0.05) is 24.0 Å². The number of anilines is 2. The van der Waals surface area contributed by atoms with Gasteiger partial charge in [-0.05, 0) is 30.7 Å². The van der Waals surface area contributed by atoms with Gasteiger partial charge in [0.05, 0.1) is 36.0 Å². The molecular formula is C27H24FN7O2. The molecule has 0 radical (unpaired) electrons. The lowest BCUT2D eigenvalue weighted by atomic mass is 9.91. The van der Waals surface area contributed by atoms with Crippen molar-refractivity contribution in [1.82, 2.24) is 19.9 Å². The third-order valence-electron chi connectivity index (χ3n) is 6.30. The number of carbonyl (C=O) groups excluding carboxylic acids is 1. The zero-order valence-electron chi connectivity index (χ0n) is 20.1. The van der Waals surface area contributed by atoms with Gasteiger partial charge in [-0.3, -0.25) is 4.79 Å². The predicted molar refractivity (Wildman–Crippen MR) is 137 cm³/mol. The average molecular weight is 498 g/mol. The maximum atomic E-state index is 14.5. The van der Waals surface area contributed by atoms with Crippen LogP contribution in [-0.2, 0) is 4.74 Å². The molecule has 3 N–H and O–H groups in total. The molecule has 10 heteroatoms. The number of rotatable bonds is 5. The second-order valence-electron chi connectivity index (χ2n) is 8.64. The van der Waals surface area contributed by atoms with E-state index in [1.165, 1.54) is 18.5 Å². The van der Waals surface area contributed by atoms with E-state index in [-0.39, 0.29) is 23.1 Å². The molecule has 2 aromatic heterocycles. The highest BCUT2D eigenvalue weighted by Gasteiger charge is 2.29. The predicted octanol–water partition coefficient (Wildman–Crippen LogP) is 3.93. The van der Waals surface area contributed by atoms with Crippen molar-refractivity contribution >= 4 is 28.4 Å². The third kappa shape index (κ3) is 4.64. The van der Waals surface area contributed by atoms with Crippen LogP contribution in [0.5, 0.6) is 0 Å². The van der Waals surface area contributed by atoms with Crippen LogP contribution in [0.2, 0.25) is 0 Å². The highest BCUT2D eigenvalue weighted by molar-refractivity contribution is 6.12. The number of ether oxygens (including phenoxy) is 1. The molecule has 37 heavy (non-hydrogen) atoms. The van der Waals surface area contributed by atoms with Gasteiger partial charge in [-0.25, -0.2) is 19.3 Å². The largest absolute Gasteiger partial charge is 0.382 e. The second-order valence-corrected chi connectivity index (χ2v) is 8.64. The van der Waals surface area contributed by atoms with Crippen molar-refractivity contribution in [3.63, 3.8) is 0 Å². The summed E-state index contributed by atoms with van der Waals surface area (Å²) >= 11 is 0. The minimum atomic E-state index is -0.512. The maximum Gasteiger partial charge on any atom is 0.255 e. The van der Waals surface area contributed by atoms with Crippen LogP contribution in [-0.4, -0.2) is 52.1 Å². The number of aromatic nitrogens is 3. The first-order valence-electron chi connectivity index (χ1n) is 11.8. The Bertz CT molecular complexity index is 1520. The highest BCUT2D eigenvalue weighted by atomic mass is 19.1. The highest BCUT2D eigenvalue weighted by Crippen LogP contribution is 2.37. The molecule has 1 aliphatic rings. The lowest BCUT2D eigenvalue weighted by molar-refractivity contribution is 0.0304. The maximum absolute atomic E-state index is 14.5. The molecule has 1 amide bonds. The Morgan fingerprint density at radius 2 is 1.95 bits per heavy atom. The van der Waals surface area contributed by atoms with E-state index in [2.05, 4.69) is 15.3 Å². The van der Waals surface area contributed by atoms with E-state index in [1.54, 1.807) is 11.0 Å². The molecular weight excluding hydrogens is 473 g/mol. The van der Waals surface area contributed by atoms with Gasteiger partial charge in [0.25, 0.3) is 5.91 Å². The number of nitrogens with zero attached hydrogens (tertiary/aromatic N) is 5. The van der Waals surface area contributed by atoms with E-state index in [9.17, 15) is 14.4 Å². The molecule has 1 atom stereocenters. The summed E-state index contributed by atoms with van der Waals surface area (Å²) in [5.41, 5.74) is 8.71. The number of carbonyl (C=O) groups is 1. The normalized spacial score (nSPS) is 14.2. The van der Waals surface area contributed by atoms with Gasteiger partial charge in [0.15, 0.2) is 0 Å². The third-order valence-corrected chi connectivity index (χ3v) is 6.30. The zero-order valence-corrected chi connectivity index (χ0v) is 20.1. The molecule has 0 bridgehead atoms. The van der Waals surface area contributed by atoms with Gasteiger partial charge < -0.3 is 20.7 Å². The van der Waals surface area contributed by atoms with Crippen LogP contribution >= 0.6 is 0 Å². The van der Waals surface area contributed by atoms with Crippen LogP contribution in [0, 0.1) is 17.1 Å². The zero-order chi connectivity index (χ0) is 25.9. The van der Waals surface area contributed by atoms with Gasteiger partial charge in [0.2, 0.25) is 0 Å². The number of nitrogen functional groups attached to an aromatic ring is 1. The fraction of sp³-hybridized carbons (Fsp3) is 0.222. The second kappa shape index (κ2) is 10.2. The summed E-state index contributed by atoms with van der Waals surface area (Å²) in [7, 11) is 0. The van der Waals surface area contributed by atoms with Crippen LogP contribution in [0.3, 0.4) is 0 Å². The molecule has 4 aromatic rings. The molecule has 0 spiro atoms. The Hall–Kier alpha value is -4.62.